The number of fused-ring (bicyclic) bond motifs is 1. The average Bonchev–Trinajstić information content (AvgIpc) is 2.48. The maximum atomic E-state index is 9.12. The molecule has 0 radical (unpaired) electrons. The van der Waals surface area contributed by atoms with Crippen LogP contribution in [0.25, 0.3) is 10.1 Å². The number of thiol groups is 1. The molecule has 13 heavy (non-hydrogen) atoms. The molecule has 3 heteroatoms. The molecule has 0 unspecified atom stereocenters. The summed E-state index contributed by atoms with van der Waals surface area (Å²) in [5, 5.41) is 10.3. The molecule has 1 N–H and O–H groups in total. The molecule has 1 aromatic carbocycles. The summed E-state index contributed by atoms with van der Waals surface area (Å²) in [6.45, 7) is 2.17. The van der Waals surface area contributed by atoms with Gasteiger partial charge in [0.05, 0.1) is 6.61 Å². The summed E-state index contributed by atoms with van der Waals surface area (Å²) >= 11 is 6.10. The van der Waals surface area contributed by atoms with E-state index in [0.29, 0.717) is 0 Å². The second kappa shape index (κ2) is 3.33. The van der Waals surface area contributed by atoms with Crippen LogP contribution in [-0.4, -0.2) is 5.11 Å². The molecule has 0 aliphatic heterocycles. The molecule has 0 aliphatic rings. The second-order valence-electron chi connectivity index (χ2n) is 3.00. The highest BCUT2D eigenvalue weighted by Crippen LogP contribution is 2.32. The molecule has 1 heterocycles. The molecule has 0 atom stereocenters. The molecule has 1 nitrogen and oxygen atoms in total. The third-order valence-electron chi connectivity index (χ3n) is 2.05. The van der Waals surface area contributed by atoms with Gasteiger partial charge < -0.3 is 5.11 Å². The van der Waals surface area contributed by atoms with Gasteiger partial charge in [0.25, 0.3) is 0 Å². The fourth-order valence-corrected chi connectivity index (χ4v) is 2.73. The van der Waals surface area contributed by atoms with E-state index >= 15 is 0 Å². The van der Waals surface area contributed by atoms with Crippen molar-refractivity contribution in [2.24, 2.45) is 0 Å². The van der Waals surface area contributed by atoms with Crippen molar-refractivity contribution in [1.29, 1.82) is 0 Å². The summed E-state index contributed by atoms with van der Waals surface area (Å²) in [5.74, 6) is 0. The average molecular weight is 210 g/mol. The lowest BCUT2D eigenvalue weighted by Crippen LogP contribution is -1.82. The summed E-state index contributed by atoms with van der Waals surface area (Å²) in [4.78, 5) is 2.25. The van der Waals surface area contributed by atoms with Crippen molar-refractivity contribution < 1.29 is 5.11 Å². The van der Waals surface area contributed by atoms with Crippen molar-refractivity contribution in [3.05, 3.63) is 28.6 Å². The highest BCUT2D eigenvalue weighted by Gasteiger charge is 2.05. The minimum atomic E-state index is 0.0979. The van der Waals surface area contributed by atoms with Gasteiger partial charge in [-0.05, 0) is 30.0 Å². The first-order valence-corrected chi connectivity index (χ1v) is 5.30. The maximum absolute atomic E-state index is 9.12. The molecule has 68 valence electrons. The largest absolute Gasteiger partial charge is 0.392 e. The van der Waals surface area contributed by atoms with Gasteiger partial charge in [0.15, 0.2) is 0 Å². The number of benzene rings is 1. The predicted molar refractivity (Wildman–Crippen MR) is 59.7 cm³/mol. The Morgan fingerprint density at radius 1 is 1.46 bits per heavy atom. The Bertz CT molecular complexity index is 445. The van der Waals surface area contributed by atoms with Crippen molar-refractivity contribution in [2.45, 2.75) is 18.4 Å². The number of aryl methyl sites for hydroxylation is 1. The van der Waals surface area contributed by atoms with Crippen LogP contribution in [0.1, 0.15) is 10.4 Å². The van der Waals surface area contributed by atoms with Crippen LogP contribution in [0.3, 0.4) is 0 Å². The minimum Gasteiger partial charge on any atom is -0.392 e. The van der Waals surface area contributed by atoms with E-state index in [2.05, 4.69) is 25.6 Å². The summed E-state index contributed by atoms with van der Waals surface area (Å²) < 4.78 is 1.17. The summed E-state index contributed by atoms with van der Waals surface area (Å²) in [6, 6.07) is 5.97. The van der Waals surface area contributed by atoms with Crippen LogP contribution >= 0.6 is 24.0 Å². The molecule has 0 spiro atoms. The quantitative estimate of drug-likeness (QED) is 0.693. The van der Waals surface area contributed by atoms with E-state index in [1.807, 2.05) is 12.1 Å². The second-order valence-corrected chi connectivity index (χ2v) is 4.74. The fraction of sp³-hybridized carbons (Fsp3) is 0.200. The van der Waals surface area contributed by atoms with E-state index in [-0.39, 0.29) is 6.61 Å². The van der Waals surface area contributed by atoms with E-state index in [0.717, 1.165) is 15.8 Å². The number of aliphatic hydroxyl groups is 1. The van der Waals surface area contributed by atoms with Crippen LogP contribution in [-0.2, 0) is 6.61 Å². The van der Waals surface area contributed by atoms with E-state index < -0.39 is 0 Å². The normalized spacial score (nSPS) is 11.0. The van der Waals surface area contributed by atoms with Crippen LogP contribution in [0.4, 0.5) is 0 Å². The van der Waals surface area contributed by atoms with E-state index in [1.54, 1.807) is 11.3 Å². The van der Waals surface area contributed by atoms with Gasteiger partial charge in [0, 0.05) is 14.5 Å². The number of thiophene rings is 1. The molecule has 0 bridgehead atoms. The Morgan fingerprint density at radius 2 is 2.23 bits per heavy atom. The Labute approximate surface area is 86.4 Å². The lowest BCUT2D eigenvalue weighted by molar-refractivity contribution is 0.283. The van der Waals surface area contributed by atoms with Gasteiger partial charge in [-0.15, -0.1) is 24.0 Å². The summed E-state index contributed by atoms with van der Waals surface area (Å²) in [6.07, 6.45) is 0. The fourth-order valence-electron chi connectivity index (χ4n) is 1.43. The number of aliphatic hydroxyl groups excluding tert-OH is 1. The van der Waals surface area contributed by atoms with E-state index in [1.165, 1.54) is 9.58 Å². The molecule has 0 saturated carbocycles. The van der Waals surface area contributed by atoms with Gasteiger partial charge in [-0.3, -0.25) is 0 Å². The zero-order chi connectivity index (χ0) is 9.42. The third kappa shape index (κ3) is 1.47. The highest BCUT2D eigenvalue weighted by atomic mass is 32.1. The van der Waals surface area contributed by atoms with Crippen molar-refractivity contribution in [1.82, 2.24) is 0 Å². The van der Waals surface area contributed by atoms with Gasteiger partial charge in [-0.2, -0.15) is 0 Å². The monoisotopic (exact) mass is 210 g/mol. The molecule has 2 aromatic rings. The highest BCUT2D eigenvalue weighted by molar-refractivity contribution is 7.80. The molecule has 0 saturated heterocycles. The third-order valence-corrected chi connectivity index (χ3v) is 3.65. The van der Waals surface area contributed by atoms with Crippen molar-refractivity contribution in [3.8, 4) is 0 Å². The van der Waals surface area contributed by atoms with Crippen molar-refractivity contribution in [3.63, 3.8) is 0 Å². The van der Waals surface area contributed by atoms with Crippen LogP contribution in [0.15, 0.2) is 23.1 Å². The lowest BCUT2D eigenvalue weighted by atomic mass is 10.1. The first-order valence-electron chi connectivity index (χ1n) is 4.04. The van der Waals surface area contributed by atoms with Crippen molar-refractivity contribution >= 4 is 34.1 Å². The van der Waals surface area contributed by atoms with Crippen LogP contribution in [0.5, 0.6) is 0 Å². The SMILES string of the molecule is Cc1cc2c(CO)ccc(S)c2s1. The molecule has 1 aromatic heterocycles. The lowest BCUT2D eigenvalue weighted by Gasteiger charge is -1.99. The Balaban J connectivity index is 2.83. The van der Waals surface area contributed by atoms with Crippen LogP contribution in [0.2, 0.25) is 0 Å². The van der Waals surface area contributed by atoms with Gasteiger partial charge in [-0.1, -0.05) is 6.07 Å². The van der Waals surface area contributed by atoms with Gasteiger partial charge >= 0.3 is 0 Å². The molecule has 0 amide bonds. The Kier molecular flexibility index (Phi) is 2.32. The number of rotatable bonds is 1. The van der Waals surface area contributed by atoms with E-state index in [4.69, 9.17) is 5.11 Å². The Hall–Kier alpha value is -0.510. The summed E-state index contributed by atoms with van der Waals surface area (Å²) in [7, 11) is 0. The topological polar surface area (TPSA) is 20.2 Å². The molecule has 2 rings (SSSR count). The van der Waals surface area contributed by atoms with Crippen molar-refractivity contribution in [2.75, 3.05) is 0 Å². The zero-order valence-electron chi connectivity index (χ0n) is 7.24. The zero-order valence-corrected chi connectivity index (χ0v) is 8.95. The minimum absolute atomic E-state index is 0.0979. The van der Waals surface area contributed by atoms with Gasteiger partial charge in [0.1, 0.15) is 0 Å². The number of hydrogen-bond donors (Lipinski definition) is 2. The number of hydrogen-bond acceptors (Lipinski definition) is 3. The molecular formula is C10H10OS2. The molecule has 0 fully saturated rings. The van der Waals surface area contributed by atoms with E-state index in [9.17, 15) is 0 Å². The van der Waals surface area contributed by atoms with Gasteiger partial charge in [0.2, 0.25) is 0 Å². The van der Waals surface area contributed by atoms with Crippen LogP contribution in [0, 0.1) is 6.92 Å². The predicted octanol–water partition coefficient (Wildman–Crippen LogP) is 2.99. The first-order chi connectivity index (χ1) is 6.22. The standard InChI is InChI=1S/C10H10OS2/c1-6-4-8-7(5-11)2-3-9(12)10(8)13-6/h2-4,11-12H,5H2,1H3. The smallest absolute Gasteiger partial charge is 0.0688 e. The Morgan fingerprint density at radius 3 is 2.92 bits per heavy atom. The van der Waals surface area contributed by atoms with Gasteiger partial charge in [-0.25, -0.2) is 0 Å². The molecule has 0 aliphatic carbocycles. The maximum Gasteiger partial charge on any atom is 0.0688 e. The van der Waals surface area contributed by atoms with Crippen LogP contribution < -0.4 is 0 Å². The summed E-state index contributed by atoms with van der Waals surface area (Å²) in [5.41, 5.74) is 0.983. The first kappa shape index (κ1) is 9.06. The molecular weight excluding hydrogens is 200 g/mol.